The molecule has 0 saturated carbocycles. The van der Waals surface area contributed by atoms with Crippen LogP contribution >= 0.6 is 22.6 Å². The maximum atomic E-state index is 4.72. The molecule has 0 bridgehead atoms. The molecule has 0 spiro atoms. The minimum Gasteiger partial charge on any atom is -0.372 e. The topological polar surface area (TPSA) is 50.7 Å². The van der Waals surface area contributed by atoms with Crippen molar-refractivity contribution in [2.75, 3.05) is 12.4 Å². The van der Waals surface area contributed by atoms with E-state index in [1.165, 1.54) is 0 Å². The maximum absolute atomic E-state index is 4.72. The Morgan fingerprint density at radius 1 is 1.32 bits per heavy atom. The summed E-state index contributed by atoms with van der Waals surface area (Å²) in [5, 5.41) is 3.15. The van der Waals surface area contributed by atoms with E-state index in [0.29, 0.717) is 0 Å². The maximum Gasteiger partial charge on any atom is 0.162 e. The molecule has 0 aromatic carbocycles. The van der Waals surface area contributed by atoms with Crippen LogP contribution in [0.1, 0.15) is 24.6 Å². The third-order valence-electron chi connectivity index (χ3n) is 2.90. The van der Waals surface area contributed by atoms with Crippen LogP contribution in [-0.2, 0) is 6.42 Å². The molecule has 100 valence electrons. The standard InChI is InChI=1S/C14H17IN4/c1-4-5-11-12(15)14(16-3)19-13(18-11)10-6-7-17-8-9(10)2/h6-8H,4-5H2,1-3H3,(H,16,18,19). The van der Waals surface area contributed by atoms with E-state index < -0.39 is 0 Å². The molecule has 0 radical (unpaired) electrons. The largest absolute Gasteiger partial charge is 0.372 e. The zero-order valence-electron chi connectivity index (χ0n) is 11.4. The van der Waals surface area contributed by atoms with E-state index in [0.717, 1.165) is 44.9 Å². The van der Waals surface area contributed by atoms with Crippen molar-refractivity contribution in [3.63, 3.8) is 0 Å². The van der Waals surface area contributed by atoms with Crippen molar-refractivity contribution in [1.82, 2.24) is 15.0 Å². The Morgan fingerprint density at radius 2 is 2.11 bits per heavy atom. The molecule has 0 fully saturated rings. The van der Waals surface area contributed by atoms with Gasteiger partial charge < -0.3 is 5.32 Å². The van der Waals surface area contributed by atoms with Crippen molar-refractivity contribution in [3.8, 4) is 11.4 Å². The zero-order chi connectivity index (χ0) is 13.8. The molecule has 2 aromatic rings. The van der Waals surface area contributed by atoms with Gasteiger partial charge in [-0.05, 0) is 47.6 Å². The predicted octanol–water partition coefficient (Wildman–Crippen LogP) is 3.45. The van der Waals surface area contributed by atoms with Gasteiger partial charge in [0, 0.05) is 25.0 Å². The summed E-state index contributed by atoms with van der Waals surface area (Å²) in [7, 11) is 1.89. The van der Waals surface area contributed by atoms with Crippen LogP contribution in [0.5, 0.6) is 0 Å². The predicted molar refractivity (Wildman–Crippen MR) is 86.3 cm³/mol. The molecule has 2 heterocycles. The van der Waals surface area contributed by atoms with Crippen LogP contribution in [0.2, 0.25) is 0 Å². The van der Waals surface area contributed by atoms with Gasteiger partial charge in [0.05, 0.1) is 9.26 Å². The number of nitrogens with zero attached hydrogens (tertiary/aromatic N) is 3. The number of rotatable bonds is 4. The van der Waals surface area contributed by atoms with E-state index in [2.05, 4.69) is 44.8 Å². The van der Waals surface area contributed by atoms with Crippen LogP contribution in [0.15, 0.2) is 18.5 Å². The highest BCUT2D eigenvalue weighted by Crippen LogP contribution is 2.25. The number of hydrogen-bond acceptors (Lipinski definition) is 4. The lowest BCUT2D eigenvalue weighted by Gasteiger charge is -2.11. The summed E-state index contributed by atoms with van der Waals surface area (Å²) in [5.41, 5.74) is 3.24. The Hall–Kier alpha value is -1.24. The Kier molecular flexibility index (Phi) is 4.68. The molecule has 0 aliphatic heterocycles. The van der Waals surface area contributed by atoms with E-state index in [-0.39, 0.29) is 0 Å². The van der Waals surface area contributed by atoms with Crippen LogP contribution in [0.4, 0.5) is 5.82 Å². The summed E-state index contributed by atoms with van der Waals surface area (Å²) >= 11 is 2.31. The second-order valence-corrected chi connectivity index (χ2v) is 5.43. The number of hydrogen-bond donors (Lipinski definition) is 1. The molecule has 0 amide bonds. The fraction of sp³-hybridized carbons (Fsp3) is 0.357. The molecule has 0 atom stereocenters. The van der Waals surface area contributed by atoms with Gasteiger partial charge in [-0.3, -0.25) is 4.98 Å². The van der Waals surface area contributed by atoms with Gasteiger partial charge in [-0.25, -0.2) is 9.97 Å². The average Bonchev–Trinajstić information content (AvgIpc) is 2.42. The van der Waals surface area contributed by atoms with Crippen LogP contribution in [-0.4, -0.2) is 22.0 Å². The first-order valence-corrected chi connectivity index (χ1v) is 7.40. The van der Waals surface area contributed by atoms with Gasteiger partial charge in [-0.1, -0.05) is 13.3 Å². The molecule has 19 heavy (non-hydrogen) atoms. The lowest BCUT2D eigenvalue weighted by molar-refractivity contribution is 0.867. The third-order valence-corrected chi connectivity index (χ3v) is 4.04. The second-order valence-electron chi connectivity index (χ2n) is 4.35. The number of anilines is 1. The van der Waals surface area contributed by atoms with Gasteiger partial charge in [0.25, 0.3) is 0 Å². The molecule has 5 heteroatoms. The Labute approximate surface area is 127 Å². The number of halogens is 1. The number of pyridine rings is 1. The first-order chi connectivity index (χ1) is 9.17. The fourth-order valence-corrected chi connectivity index (χ4v) is 2.69. The van der Waals surface area contributed by atoms with Crippen molar-refractivity contribution < 1.29 is 0 Å². The van der Waals surface area contributed by atoms with Crippen molar-refractivity contribution >= 4 is 28.4 Å². The number of nitrogens with one attached hydrogen (secondary N) is 1. The summed E-state index contributed by atoms with van der Waals surface area (Å²) in [6.07, 6.45) is 5.66. The average molecular weight is 368 g/mol. The summed E-state index contributed by atoms with van der Waals surface area (Å²) in [4.78, 5) is 13.4. The lowest BCUT2D eigenvalue weighted by atomic mass is 10.1. The van der Waals surface area contributed by atoms with Crippen LogP contribution in [0.25, 0.3) is 11.4 Å². The van der Waals surface area contributed by atoms with E-state index in [1.54, 1.807) is 6.20 Å². The van der Waals surface area contributed by atoms with E-state index in [1.807, 2.05) is 26.2 Å². The van der Waals surface area contributed by atoms with Gasteiger partial charge in [0.2, 0.25) is 0 Å². The molecule has 2 rings (SSSR count). The molecule has 0 unspecified atom stereocenters. The highest BCUT2D eigenvalue weighted by Gasteiger charge is 2.13. The fourth-order valence-electron chi connectivity index (χ4n) is 1.91. The number of aryl methyl sites for hydroxylation is 2. The van der Waals surface area contributed by atoms with Gasteiger partial charge in [0.1, 0.15) is 5.82 Å². The summed E-state index contributed by atoms with van der Waals surface area (Å²) in [5.74, 6) is 1.67. The second kappa shape index (κ2) is 6.27. The Morgan fingerprint density at radius 3 is 2.74 bits per heavy atom. The molecule has 0 aliphatic carbocycles. The molecule has 4 nitrogen and oxygen atoms in total. The van der Waals surface area contributed by atoms with Gasteiger partial charge in [0.15, 0.2) is 5.82 Å². The SMILES string of the molecule is CCCc1nc(-c2ccncc2C)nc(NC)c1I. The first-order valence-electron chi connectivity index (χ1n) is 6.32. The molecular formula is C14H17IN4. The van der Waals surface area contributed by atoms with Crippen molar-refractivity contribution in [3.05, 3.63) is 33.3 Å². The third kappa shape index (κ3) is 3.02. The smallest absolute Gasteiger partial charge is 0.162 e. The van der Waals surface area contributed by atoms with Crippen LogP contribution < -0.4 is 5.32 Å². The van der Waals surface area contributed by atoms with Crippen molar-refractivity contribution in [2.24, 2.45) is 0 Å². The van der Waals surface area contributed by atoms with Crippen molar-refractivity contribution in [2.45, 2.75) is 26.7 Å². The van der Waals surface area contributed by atoms with Crippen LogP contribution in [0, 0.1) is 10.5 Å². The lowest BCUT2D eigenvalue weighted by Crippen LogP contribution is -2.06. The van der Waals surface area contributed by atoms with E-state index in [4.69, 9.17) is 4.98 Å². The normalized spacial score (nSPS) is 10.5. The minimum absolute atomic E-state index is 0.771. The van der Waals surface area contributed by atoms with Gasteiger partial charge in [-0.2, -0.15) is 0 Å². The Balaban J connectivity index is 2.58. The van der Waals surface area contributed by atoms with Crippen LogP contribution in [0.3, 0.4) is 0 Å². The first kappa shape index (κ1) is 14.2. The summed E-state index contributed by atoms with van der Waals surface area (Å²) < 4.78 is 1.11. The highest BCUT2D eigenvalue weighted by atomic mass is 127. The monoisotopic (exact) mass is 368 g/mol. The number of aromatic nitrogens is 3. The van der Waals surface area contributed by atoms with E-state index >= 15 is 0 Å². The molecular weight excluding hydrogens is 351 g/mol. The summed E-state index contributed by atoms with van der Waals surface area (Å²) in [6.45, 7) is 4.19. The van der Waals surface area contributed by atoms with Crippen molar-refractivity contribution in [1.29, 1.82) is 0 Å². The highest BCUT2D eigenvalue weighted by molar-refractivity contribution is 14.1. The summed E-state index contributed by atoms with van der Waals surface area (Å²) in [6, 6.07) is 1.96. The minimum atomic E-state index is 0.771. The molecule has 1 N–H and O–H groups in total. The van der Waals surface area contributed by atoms with Gasteiger partial charge in [-0.15, -0.1) is 0 Å². The zero-order valence-corrected chi connectivity index (χ0v) is 13.5. The van der Waals surface area contributed by atoms with E-state index in [9.17, 15) is 0 Å². The molecule has 0 aliphatic rings. The van der Waals surface area contributed by atoms with Gasteiger partial charge >= 0.3 is 0 Å². The molecule has 0 saturated heterocycles. The Bertz CT molecular complexity index is 584. The quantitative estimate of drug-likeness (QED) is 0.840. The molecule has 2 aromatic heterocycles.